The zero-order chi connectivity index (χ0) is 11.3. The zero-order valence-corrected chi connectivity index (χ0v) is 12.5. The summed E-state index contributed by atoms with van der Waals surface area (Å²) in [6.45, 7) is 12.1. The second-order valence-electron chi connectivity index (χ2n) is 4.25. The molecule has 0 heterocycles. The van der Waals surface area contributed by atoms with Crippen molar-refractivity contribution in [2.24, 2.45) is 0 Å². The SMILES string of the molecule is CCN(CC)Cc1[c-]c(C(C)C)ccc1.[H-].[Mg+2]. The van der Waals surface area contributed by atoms with Crippen LogP contribution in [0.2, 0.25) is 0 Å². The summed E-state index contributed by atoms with van der Waals surface area (Å²) in [5.74, 6) is 0.571. The largest absolute Gasteiger partial charge is 2.00 e. The molecule has 1 nitrogen and oxygen atoms in total. The van der Waals surface area contributed by atoms with Crippen LogP contribution in [0.1, 0.15) is 46.2 Å². The maximum atomic E-state index is 3.50. The van der Waals surface area contributed by atoms with Gasteiger partial charge >= 0.3 is 23.1 Å². The predicted molar refractivity (Wildman–Crippen MR) is 72.9 cm³/mol. The van der Waals surface area contributed by atoms with E-state index in [1.165, 1.54) is 11.1 Å². The summed E-state index contributed by atoms with van der Waals surface area (Å²) in [6, 6.07) is 9.98. The van der Waals surface area contributed by atoms with Gasteiger partial charge in [-0.05, 0) is 19.0 Å². The molecule has 0 saturated carbocycles. The normalized spacial score (nSPS) is 10.6. The van der Waals surface area contributed by atoms with E-state index in [0.717, 1.165) is 19.6 Å². The second kappa shape index (κ2) is 8.10. The van der Waals surface area contributed by atoms with E-state index in [4.69, 9.17) is 0 Å². The molecule has 0 aliphatic rings. The summed E-state index contributed by atoms with van der Waals surface area (Å²) >= 11 is 0. The van der Waals surface area contributed by atoms with E-state index in [9.17, 15) is 0 Å². The van der Waals surface area contributed by atoms with Crippen molar-refractivity contribution >= 4 is 23.1 Å². The average molecular weight is 230 g/mol. The van der Waals surface area contributed by atoms with Crippen molar-refractivity contribution < 1.29 is 1.43 Å². The first kappa shape index (κ1) is 15.9. The van der Waals surface area contributed by atoms with Crippen LogP contribution < -0.4 is 0 Å². The minimum absolute atomic E-state index is 0. The van der Waals surface area contributed by atoms with E-state index in [1.54, 1.807) is 0 Å². The summed E-state index contributed by atoms with van der Waals surface area (Å²) in [5.41, 5.74) is 2.63. The minimum atomic E-state index is 0. The third kappa shape index (κ3) is 4.85. The van der Waals surface area contributed by atoms with Crippen molar-refractivity contribution in [1.82, 2.24) is 4.90 Å². The Hall–Kier alpha value is -0.0538. The molecular weight excluding hydrogens is 206 g/mol. The van der Waals surface area contributed by atoms with Crippen LogP contribution in [0.5, 0.6) is 0 Å². The molecule has 0 aromatic heterocycles. The number of nitrogens with zero attached hydrogens (tertiary/aromatic N) is 1. The summed E-state index contributed by atoms with van der Waals surface area (Å²) < 4.78 is 0. The summed E-state index contributed by atoms with van der Waals surface area (Å²) in [4.78, 5) is 2.41. The van der Waals surface area contributed by atoms with Gasteiger partial charge in [-0.3, -0.25) is 0 Å². The Labute approximate surface area is 118 Å². The van der Waals surface area contributed by atoms with Gasteiger partial charge in [-0.1, -0.05) is 27.7 Å². The van der Waals surface area contributed by atoms with E-state index < -0.39 is 0 Å². The Morgan fingerprint density at radius 2 is 1.88 bits per heavy atom. The maximum absolute atomic E-state index is 3.50. The molecule has 0 aliphatic carbocycles. The van der Waals surface area contributed by atoms with Crippen LogP contribution in [0.15, 0.2) is 18.2 Å². The minimum Gasteiger partial charge on any atom is -1.00 e. The van der Waals surface area contributed by atoms with E-state index in [1.807, 2.05) is 0 Å². The van der Waals surface area contributed by atoms with Gasteiger partial charge in [0.1, 0.15) is 0 Å². The molecule has 0 saturated heterocycles. The van der Waals surface area contributed by atoms with Crippen molar-refractivity contribution in [1.29, 1.82) is 0 Å². The smallest absolute Gasteiger partial charge is 1.00 e. The first-order valence-corrected chi connectivity index (χ1v) is 5.90. The number of rotatable bonds is 5. The van der Waals surface area contributed by atoms with E-state index in [2.05, 4.69) is 56.9 Å². The van der Waals surface area contributed by atoms with Crippen LogP contribution in [-0.2, 0) is 6.54 Å². The quantitative estimate of drug-likeness (QED) is 0.554. The number of hydrogen-bond donors (Lipinski definition) is 0. The van der Waals surface area contributed by atoms with Crippen LogP contribution in [0.25, 0.3) is 0 Å². The Bertz CT molecular complexity index is 298. The van der Waals surface area contributed by atoms with Gasteiger partial charge in [0.25, 0.3) is 0 Å². The first-order chi connectivity index (χ1) is 7.17. The van der Waals surface area contributed by atoms with Crippen LogP contribution in [0.4, 0.5) is 0 Å². The molecule has 0 amide bonds. The molecule has 1 aromatic rings. The van der Waals surface area contributed by atoms with Crippen molar-refractivity contribution in [2.45, 2.75) is 40.2 Å². The Kier molecular flexibility index (Phi) is 8.07. The molecule has 1 rings (SSSR count). The van der Waals surface area contributed by atoms with Gasteiger partial charge < -0.3 is 6.33 Å². The predicted octanol–water partition coefficient (Wildman–Crippen LogP) is 3.18. The number of hydrogen-bond acceptors (Lipinski definition) is 1. The fourth-order valence-corrected chi connectivity index (χ4v) is 1.65. The van der Waals surface area contributed by atoms with Crippen molar-refractivity contribution in [3.8, 4) is 0 Å². The second-order valence-corrected chi connectivity index (χ2v) is 4.25. The molecule has 0 spiro atoms. The molecule has 0 bridgehead atoms. The molecule has 0 radical (unpaired) electrons. The van der Waals surface area contributed by atoms with Gasteiger partial charge in [-0.25, -0.2) is 0 Å². The van der Waals surface area contributed by atoms with E-state index in [-0.39, 0.29) is 24.5 Å². The van der Waals surface area contributed by atoms with E-state index >= 15 is 0 Å². The van der Waals surface area contributed by atoms with Crippen molar-refractivity contribution in [2.75, 3.05) is 13.1 Å². The molecule has 0 atom stereocenters. The Morgan fingerprint density at radius 1 is 1.25 bits per heavy atom. The molecule has 2 heteroatoms. The maximum Gasteiger partial charge on any atom is 2.00 e. The summed E-state index contributed by atoms with van der Waals surface area (Å²) in [5, 5.41) is 0. The standard InChI is InChI=1S/C14H22N.Mg.H/c1-5-15(6-2)11-13-8-7-9-14(10-13)12(3)4;;/h7-9,12H,5-6,11H2,1-4H3;;/q-1;+2;-1. The van der Waals surface area contributed by atoms with Gasteiger partial charge in [-0.15, -0.1) is 5.56 Å². The number of benzene rings is 1. The van der Waals surface area contributed by atoms with Gasteiger partial charge in [0.15, 0.2) is 0 Å². The summed E-state index contributed by atoms with van der Waals surface area (Å²) in [6.07, 6.45) is 0. The molecule has 16 heavy (non-hydrogen) atoms. The third-order valence-electron chi connectivity index (χ3n) is 2.79. The molecule has 0 N–H and O–H groups in total. The van der Waals surface area contributed by atoms with Crippen LogP contribution >= 0.6 is 0 Å². The van der Waals surface area contributed by atoms with E-state index in [0.29, 0.717) is 5.92 Å². The molecule has 86 valence electrons. The van der Waals surface area contributed by atoms with Crippen molar-refractivity contribution in [3.05, 3.63) is 35.4 Å². The fraction of sp³-hybridized carbons (Fsp3) is 0.571. The summed E-state index contributed by atoms with van der Waals surface area (Å²) in [7, 11) is 0. The first-order valence-electron chi connectivity index (χ1n) is 5.90. The van der Waals surface area contributed by atoms with Gasteiger partial charge in [0.2, 0.25) is 0 Å². The Balaban J connectivity index is 0. The molecule has 0 fully saturated rings. The van der Waals surface area contributed by atoms with Gasteiger partial charge in [0.05, 0.1) is 0 Å². The molecule has 1 aromatic carbocycles. The van der Waals surface area contributed by atoms with Crippen LogP contribution in [0, 0.1) is 6.07 Å². The average Bonchev–Trinajstić information content (AvgIpc) is 2.26. The van der Waals surface area contributed by atoms with Gasteiger partial charge in [0, 0.05) is 6.54 Å². The molecule has 0 unspecified atom stereocenters. The fourth-order valence-electron chi connectivity index (χ4n) is 1.65. The van der Waals surface area contributed by atoms with Crippen LogP contribution in [0.3, 0.4) is 0 Å². The third-order valence-corrected chi connectivity index (χ3v) is 2.79. The van der Waals surface area contributed by atoms with Crippen LogP contribution in [-0.4, -0.2) is 41.0 Å². The molecular formula is C14H23MgN. The zero-order valence-electron chi connectivity index (χ0n) is 12.1. The Morgan fingerprint density at radius 3 is 2.38 bits per heavy atom. The monoisotopic (exact) mass is 229 g/mol. The van der Waals surface area contributed by atoms with Gasteiger partial charge in [-0.2, -0.15) is 29.8 Å². The molecule has 0 aliphatic heterocycles. The topological polar surface area (TPSA) is 3.24 Å². The van der Waals surface area contributed by atoms with Crippen molar-refractivity contribution in [3.63, 3.8) is 0 Å².